The Morgan fingerprint density at radius 1 is 1.40 bits per heavy atom. The van der Waals surface area contributed by atoms with Gasteiger partial charge in [-0.2, -0.15) is 13.9 Å². The van der Waals surface area contributed by atoms with Gasteiger partial charge in [0.1, 0.15) is 21.6 Å². The molecule has 1 aromatic heterocycles. The van der Waals surface area contributed by atoms with Crippen LogP contribution in [0.2, 0.25) is 10.0 Å². The van der Waals surface area contributed by atoms with E-state index in [0.29, 0.717) is 0 Å². The molecule has 1 N–H and O–H groups in total. The Balaban J connectivity index is 2.61. The zero-order valence-electron chi connectivity index (χ0n) is 12.2. The van der Waals surface area contributed by atoms with Gasteiger partial charge in [-0.1, -0.05) is 34.8 Å². The fourth-order valence-electron chi connectivity index (χ4n) is 1.92. The van der Waals surface area contributed by atoms with Crippen LogP contribution in [0.15, 0.2) is 17.2 Å². The molecule has 0 unspecified atom stereocenters. The molecule has 0 radical (unpaired) electrons. The summed E-state index contributed by atoms with van der Waals surface area (Å²) < 4.78 is 44.2. The van der Waals surface area contributed by atoms with Crippen molar-refractivity contribution in [1.29, 1.82) is 0 Å². The van der Waals surface area contributed by atoms with Crippen LogP contribution in [0.3, 0.4) is 0 Å². The molecule has 0 amide bonds. The smallest absolute Gasteiger partial charge is 0.388 e. The summed E-state index contributed by atoms with van der Waals surface area (Å²) in [5.41, 5.74) is -0.311. The molecule has 1 heterocycles. The van der Waals surface area contributed by atoms with Crippen molar-refractivity contribution in [2.45, 2.75) is 6.61 Å². The summed E-state index contributed by atoms with van der Waals surface area (Å²) >= 11 is 17.4. The number of benzene rings is 1. The molecular weight excluding hydrogens is 408 g/mol. The molecule has 0 atom stereocenters. The average Bonchev–Trinajstić information content (AvgIpc) is 2.77. The average molecular weight is 416 g/mol. The number of carboxylic acids is 1. The van der Waals surface area contributed by atoms with Crippen LogP contribution >= 0.6 is 34.8 Å². The van der Waals surface area contributed by atoms with Crippen LogP contribution in [0.25, 0.3) is 17.3 Å². The highest BCUT2D eigenvalue weighted by Gasteiger charge is 2.23. The first-order valence-corrected chi connectivity index (χ1v) is 7.52. The predicted octanol–water partition coefficient (Wildman–Crippen LogP) is 4.80. The number of halogens is 6. The lowest BCUT2D eigenvalue weighted by atomic mass is 10.1. The van der Waals surface area contributed by atoms with E-state index in [0.717, 1.165) is 22.9 Å². The molecule has 25 heavy (non-hydrogen) atoms. The van der Waals surface area contributed by atoms with Crippen LogP contribution in [0.1, 0.15) is 5.56 Å². The van der Waals surface area contributed by atoms with Gasteiger partial charge < -0.3 is 9.84 Å². The predicted molar refractivity (Wildman–Crippen MR) is 86.7 cm³/mol. The van der Waals surface area contributed by atoms with E-state index in [4.69, 9.17) is 39.9 Å². The van der Waals surface area contributed by atoms with Crippen molar-refractivity contribution in [2.24, 2.45) is 7.05 Å². The highest BCUT2D eigenvalue weighted by atomic mass is 35.5. The second-order valence-electron chi connectivity index (χ2n) is 4.62. The van der Waals surface area contributed by atoms with Crippen LogP contribution in [0.5, 0.6) is 5.88 Å². The number of carbonyl (C=O) groups is 1. The van der Waals surface area contributed by atoms with Gasteiger partial charge in [0.15, 0.2) is 0 Å². The number of carboxylic acid groups (broad SMARTS) is 1. The quantitative estimate of drug-likeness (QED) is 0.713. The number of hydrogen-bond acceptors (Lipinski definition) is 3. The molecule has 5 nitrogen and oxygen atoms in total. The summed E-state index contributed by atoms with van der Waals surface area (Å²) in [6, 6.07) is 2.04. The molecule has 0 aliphatic heterocycles. The molecule has 0 spiro atoms. The van der Waals surface area contributed by atoms with E-state index in [1.54, 1.807) is 0 Å². The minimum Gasteiger partial charge on any atom is -0.477 e. The van der Waals surface area contributed by atoms with Gasteiger partial charge in [0, 0.05) is 12.6 Å². The summed E-state index contributed by atoms with van der Waals surface area (Å²) in [7, 11) is 1.28. The maximum Gasteiger partial charge on any atom is 0.388 e. The third kappa shape index (κ3) is 4.20. The minimum absolute atomic E-state index is 0.0727. The minimum atomic E-state index is -3.15. The molecule has 134 valence electrons. The lowest BCUT2D eigenvalue weighted by Crippen LogP contribution is -2.06. The topological polar surface area (TPSA) is 64.4 Å². The summed E-state index contributed by atoms with van der Waals surface area (Å²) in [5.74, 6) is -2.72. The van der Waals surface area contributed by atoms with Crippen molar-refractivity contribution in [3.05, 3.63) is 38.6 Å². The Hall–Kier alpha value is -1.90. The van der Waals surface area contributed by atoms with E-state index in [1.807, 2.05) is 0 Å². The Morgan fingerprint density at radius 3 is 2.60 bits per heavy atom. The fraction of sp³-hybridized carbons (Fsp3) is 0.143. The molecule has 1 aromatic carbocycles. The number of nitrogens with zero attached hydrogens (tertiary/aromatic N) is 2. The first kappa shape index (κ1) is 19.4. The van der Waals surface area contributed by atoms with Crippen LogP contribution in [-0.4, -0.2) is 27.5 Å². The molecule has 2 rings (SSSR count). The van der Waals surface area contributed by atoms with E-state index in [1.165, 1.54) is 7.05 Å². The summed E-state index contributed by atoms with van der Waals surface area (Å²) in [5, 5.41) is 11.6. The molecule has 0 fully saturated rings. The second kappa shape index (κ2) is 7.55. The number of rotatable bonds is 5. The Kier molecular flexibility index (Phi) is 5.87. The number of aryl methyl sites for hydroxylation is 1. The van der Waals surface area contributed by atoms with E-state index in [2.05, 4.69) is 9.84 Å². The van der Waals surface area contributed by atoms with Gasteiger partial charge in [0.05, 0.1) is 5.02 Å². The molecule has 0 aliphatic carbocycles. The van der Waals surface area contributed by atoms with Crippen molar-refractivity contribution in [3.8, 4) is 17.1 Å². The lowest BCUT2D eigenvalue weighted by molar-refractivity contribution is -0.131. The normalized spacial score (nSPS) is 11.9. The van der Waals surface area contributed by atoms with Gasteiger partial charge in [0.2, 0.25) is 5.88 Å². The molecule has 2 aromatic rings. The third-order valence-electron chi connectivity index (χ3n) is 2.97. The maximum atomic E-state index is 14.2. The molecular formula is C14H8Cl3F3N2O3. The highest BCUT2D eigenvalue weighted by molar-refractivity contribution is 6.43. The van der Waals surface area contributed by atoms with E-state index >= 15 is 0 Å². The van der Waals surface area contributed by atoms with Crippen LogP contribution in [0, 0.1) is 5.82 Å². The maximum absolute atomic E-state index is 14.2. The molecule has 0 bridgehead atoms. The number of ether oxygens (including phenoxy) is 1. The zero-order valence-corrected chi connectivity index (χ0v) is 14.5. The van der Waals surface area contributed by atoms with Gasteiger partial charge in [-0.05, 0) is 23.8 Å². The van der Waals surface area contributed by atoms with E-state index < -0.39 is 29.3 Å². The molecule has 11 heteroatoms. The number of hydrogen-bond donors (Lipinski definition) is 1. The SMILES string of the molecule is Cn1nc(-c2cc(C=C(Cl)C(=O)O)c(Cl)cc2F)c(Cl)c1OC(F)F. The first-order chi connectivity index (χ1) is 11.6. The van der Waals surface area contributed by atoms with Gasteiger partial charge in [0.25, 0.3) is 0 Å². The van der Waals surface area contributed by atoms with E-state index in [-0.39, 0.29) is 26.9 Å². The van der Waals surface area contributed by atoms with Crippen LogP contribution < -0.4 is 4.74 Å². The first-order valence-electron chi connectivity index (χ1n) is 6.39. The van der Waals surface area contributed by atoms with Gasteiger partial charge in [-0.3, -0.25) is 0 Å². The van der Waals surface area contributed by atoms with Gasteiger partial charge >= 0.3 is 12.6 Å². The van der Waals surface area contributed by atoms with Crippen molar-refractivity contribution < 1.29 is 27.8 Å². The standard InChI is InChI=1S/C14H8Cl3F3N2O3/c1-22-12(25-14(19)20)10(17)11(21-22)6-2-5(3-8(16)13(23)24)7(15)4-9(6)18/h2-4,14H,1H3,(H,23,24). The summed E-state index contributed by atoms with van der Waals surface area (Å²) in [6.07, 6.45) is 1.00. The largest absolute Gasteiger partial charge is 0.477 e. The van der Waals surface area contributed by atoms with Crippen molar-refractivity contribution in [1.82, 2.24) is 9.78 Å². The summed E-state index contributed by atoms with van der Waals surface area (Å²) in [6.45, 7) is -3.15. The Morgan fingerprint density at radius 2 is 2.04 bits per heavy atom. The summed E-state index contributed by atoms with van der Waals surface area (Å²) in [4.78, 5) is 10.8. The van der Waals surface area contributed by atoms with Gasteiger partial charge in [-0.25, -0.2) is 13.9 Å². The highest BCUT2D eigenvalue weighted by Crippen LogP contribution is 2.38. The molecule has 0 saturated carbocycles. The van der Waals surface area contributed by atoms with Crippen LogP contribution in [0.4, 0.5) is 13.2 Å². The zero-order chi connectivity index (χ0) is 18.9. The van der Waals surface area contributed by atoms with Crippen LogP contribution in [-0.2, 0) is 11.8 Å². The third-order valence-corrected chi connectivity index (χ3v) is 3.91. The monoisotopic (exact) mass is 414 g/mol. The molecule has 0 aliphatic rings. The number of alkyl halides is 2. The Bertz CT molecular complexity index is 869. The number of aliphatic carboxylic acids is 1. The second-order valence-corrected chi connectivity index (χ2v) is 5.81. The van der Waals surface area contributed by atoms with Crippen molar-refractivity contribution in [2.75, 3.05) is 0 Å². The van der Waals surface area contributed by atoms with Crippen molar-refractivity contribution >= 4 is 46.8 Å². The molecule has 0 saturated heterocycles. The van der Waals surface area contributed by atoms with Crippen molar-refractivity contribution in [3.63, 3.8) is 0 Å². The fourth-order valence-corrected chi connectivity index (χ4v) is 2.55. The van der Waals surface area contributed by atoms with E-state index in [9.17, 15) is 18.0 Å². The number of aromatic nitrogens is 2. The Labute approximate surface area is 154 Å². The van der Waals surface area contributed by atoms with Gasteiger partial charge in [-0.15, -0.1) is 0 Å². The lowest BCUT2D eigenvalue weighted by Gasteiger charge is -2.06.